The number of amides is 3. The van der Waals surface area contributed by atoms with Gasteiger partial charge in [-0.15, -0.1) is 0 Å². The molecule has 0 radical (unpaired) electrons. The van der Waals surface area contributed by atoms with Gasteiger partial charge in [-0.3, -0.25) is 10.1 Å². The van der Waals surface area contributed by atoms with E-state index in [1.54, 1.807) is 31.2 Å². The second kappa shape index (κ2) is 10.2. The van der Waals surface area contributed by atoms with E-state index in [0.717, 1.165) is 12.8 Å². The third-order valence-corrected chi connectivity index (χ3v) is 2.78. The van der Waals surface area contributed by atoms with Crippen LogP contribution in [0.25, 0.3) is 0 Å². The van der Waals surface area contributed by atoms with Gasteiger partial charge in [0.25, 0.3) is 5.91 Å². The molecule has 0 fully saturated rings. The number of ether oxygens (including phenoxy) is 2. The van der Waals surface area contributed by atoms with Crippen molar-refractivity contribution in [2.24, 2.45) is 0 Å². The fourth-order valence-electron chi connectivity index (χ4n) is 1.60. The number of esters is 1. The van der Waals surface area contributed by atoms with Crippen LogP contribution in [0.4, 0.5) is 4.79 Å². The average Bonchev–Trinajstić information content (AvgIpc) is 2.53. The van der Waals surface area contributed by atoms with Crippen molar-refractivity contribution in [3.63, 3.8) is 0 Å². The van der Waals surface area contributed by atoms with E-state index in [-0.39, 0.29) is 12.6 Å². The summed E-state index contributed by atoms with van der Waals surface area (Å²) in [5.41, 5.74) is 0.417. The Morgan fingerprint density at radius 3 is 2.39 bits per heavy atom. The zero-order chi connectivity index (χ0) is 17.1. The first-order chi connectivity index (χ1) is 11.1. The molecule has 3 amide bonds. The summed E-state index contributed by atoms with van der Waals surface area (Å²) in [6, 6.07) is 5.69. The number of nitrogens with one attached hydrogen (secondary N) is 2. The highest BCUT2D eigenvalue weighted by atomic mass is 16.5. The van der Waals surface area contributed by atoms with Gasteiger partial charge in [-0.05, 0) is 37.6 Å². The number of imide groups is 1. The first-order valence-electron chi connectivity index (χ1n) is 7.54. The van der Waals surface area contributed by atoms with Gasteiger partial charge in [0, 0.05) is 6.54 Å². The molecule has 0 spiro atoms. The molecule has 0 aliphatic carbocycles. The largest absolute Gasteiger partial charge is 0.484 e. The van der Waals surface area contributed by atoms with Gasteiger partial charge in [-0.2, -0.15) is 0 Å². The normalized spacial score (nSPS) is 9.83. The highest BCUT2D eigenvalue weighted by molar-refractivity contribution is 5.95. The minimum absolute atomic E-state index is 0.294. The molecule has 0 aliphatic heterocycles. The van der Waals surface area contributed by atoms with Crippen LogP contribution in [0, 0.1) is 0 Å². The number of unbranched alkanes of at least 4 members (excludes halogenated alkanes) is 1. The Kier molecular flexibility index (Phi) is 8.20. The van der Waals surface area contributed by atoms with Gasteiger partial charge in [-0.25, -0.2) is 9.59 Å². The number of urea groups is 1. The highest BCUT2D eigenvalue weighted by Gasteiger charge is 2.09. The maximum absolute atomic E-state index is 11.7. The minimum Gasteiger partial charge on any atom is -0.484 e. The summed E-state index contributed by atoms with van der Waals surface area (Å²) < 4.78 is 10.3. The summed E-state index contributed by atoms with van der Waals surface area (Å²) in [5.74, 6) is -0.529. The van der Waals surface area contributed by atoms with Gasteiger partial charge in [-0.1, -0.05) is 13.3 Å². The number of rotatable bonds is 8. The molecule has 0 atom stereocenters. The predicted molar refractivity (Wildman–Crippen MR) is 84.3 cm³/mol. The van der Waals surface area contributed by atoms with Gasteiger partial charge in [0.15, 0.2) is 6.61 Å². The number of benzene rings is 1. The number of hydrogen-bond donors (Lipinski definition) is 2. The molecule has 2 N–H and O–H groups in total. The van der Waals surface area contributed by atoms with Crippen LogP contribution in [0.1, 0.15) is 37.0 Å². The van der Waals surface area contributed by atoms with Crippen LogP contribution in [0.15, 0.2) is 24.3 Å². The maximum atomic E-state index is 11.7. The second-order valence-corrected chi connectivity index (χ2v) is 4.71. The van der Waals surface area contributed by atoms with Crippen molar-refractivity contribution >= 4 is 17.9 Å². The first kappa shape index (κ1) is 18.5. The molecular weight excluding hydrogens is 300 g/mol. The monoisotopic (exact) mass is 322 g/mol. The summed E-state index contributed by atoms with van der Waals surface area (Å²) in [6.07, 6.45) is 1.78. The lowest BCUT2D eigenvalue weighted by molar-refractivity contribution is -0.122. The topological polar surface area (TPSA) is 93.7 Å². The van der Waals surface area contributed by atoms with Crippen LogP contribution >= 0.6 is 0 Å². The van der Waals surface area contributed by atoms with Crippen LogP contribution in [-0.2, 0) is 9.53 Å². The molecule has 7 heteroatoms. The molecule has 0 unspecified atom stereocenters. The molecule has 1 aromatic carbocycles. The van der Waals surface area contributed by atoms with Crippen molar-refractivity contribution < 1.29 is 23.9 Å². The molecule has 0 saturated heterocycles. The fourth-order valence-corrected chi connectivity index (χ4v) is 1.60. The smallest absolute Gasteiger partial charge is 0.338 e. The van der Waals surface area contributed by atoms with E-state index in [1.807, 2.05) is 6.92 Å². The molecule has 1 aromatic rings. The van der Waals surface area contributed by atoms with E-state index < -0.39 is 11.9 Å². The van der Waals surface area contributed by atoms with Crippen molar-refractivity contribution in [3.8, 4) is 5.75 Å². The van der Waals surface area contributed by atoms with Crippen molar-refractivity contribution in [3.05, 3.63) is 29.8 Å². The lowest BCUT2D eigenvalue weighted by Crippen LogP contribution is -2.41. The van der Waals surface area contributed by atoms with Crippen LogP contribution in [0.3, 0.4) is 0 Å². The molecule has 0 heterocycles. The lowest BCUT2D eigenvalue weighted by atomic mass is 10.2. The predicted octanol–water partition coefficient (Wildman–Crippen LogP) is 1.87. The molecule has 0 saturated carbocycles. The van der Waals surface area contributed by atoms with E-state index >= 15 is 0 Å². The molecule has 0 aromatic heterocycles. The number of carbonyl (C=O) groups is 3. The second-order valence-electron chi connectivity index (χ2n) is 4.71. The Balaban J connectivity index is 2.40. The van der Waals surface area contributed by atoms with E-state index in [9.17, 15) is 14.4 Å². The van der Waals surface area contributed by atoms with Crippen LogP contribution in [0.2, 0.25) is 0 Å². The molecule has 0 bridgehead atoms. The van der Waals surface area contributed by atoms with E-state index in [2.05, 4.69) is 10.6 Å². The summed E-state index contributed by atoms with van der Waals surface area (Å²) in [5, 5.41) is 4.56. The standard InChI is InChI=1S/C16H22N2O5/c1-3-5-10-22-15(20)12-6-8-13(9-7-12)23-11-14(19)18-16(21)17-4-2/h6-9H,3-5,10-11H2,1-2H3,(H2,17,18,19,21). The zero-order valence-electron chi connectivity index (χ0n) is 13.4. The van der Waals surface area contributed by atoms with Crippen molar-refractivity contribution in [2.75, 3.05) is 19.8 Å². The van der Waals surface area contributed by atoms with Crippen LogP contribution < -0.4 is 15.4 Å². The van der Waals surface area contributed by atoms with Crippen molar-refractivity contribution in [2.45, 2.75) is 26.7 Å². The number of carbonyl (C=O) groups excluding carboxylic acids is 3. The van der Waals surface area contributed by atoms with Crippen LogP contribution in [-0.4, -0.2) is 37.7 Å². The fraction of sp³-hybridized carbons (Fsp3) is 0.438. The van der Waals surface area contributed by atoms with Gasteiger partial charge < -0.3 is 14.8 Å². The molecule has 0 aliphatic rings. The quantitative estimate of drug-likeness (QED) is 0.563. The summed E-state index contributed by atoms with van der Waals surface area (Å²) in [6.45, 7) is 4.29. The lowest BCUT2D eigenvalue weighted by Gasteiger charge is -2.08. The third-order valence-electron chi connectivity index (χ3n) is 2.78. The Bertz CT molecular complexity index is 528. The maximum Gasteiger partial charge on any atom is 0.338 e. The van der Waals surface area contributed by atoms with Crippen molar-refractivity contribution in [1.29, 1.82) is 0 Å². The van der Waals surface area contributed by atoms with E-state index in [4.69, 9.17) is 9.47 Å². The van der Waals surface area contributed by atoms with Gasteiger partial charge in [0.05, 0.1) is 12.2 Å². The van der Waals surface area contributed by atoms with Gasteiger partial charge in [0.2, 0.25) is 0 Å². The summed E-state index contributed by atoms with van der Waals surface area (Å²) in [7, 11) is 0. The summed E-state index contributed by atoms with van der Waals surface area (Å²) >= 11 is 0. The molecule has 7 nitrogen and oxygen atoms in total. The molecule has 23 heavy (non-hydrogen) atoms. The van der Waals surface area contributed by atoms with Crippen molar-refractivity contribution in [1.82, 2.24) is 10.6 Å². The Morgan fingerprint density at radius 1 is 1.09 bits per heavy atom. The molecular formula is C16H22N2O5. The average molecular weight is 322 g/mol. The first-order valence-corrected chi connectivity index (χ1v) is 7.54. The Labute approximate surface area is 135 Å². The number of hydrogen-bond acceptors (Lipinski definition) is 5. The van der Waals surface area contributed by atoms with Gasteiger partial charge in [0.1, 0.15) is 5.75 Å². The highest BCUT2D eigenvalue weighted by Crippen LogP contribution is 2.13. The zero-order valence-corrected chi connectivity index (χ0v) is 13.4. The Hall–Kier alpha value is -2.57. The Morgan fingerprint density at radius 2 is 1.78 bits per heavy atom. The van der Waals surface area contributed by atoms with Crippen LogP contribution in [0.5, 0.6) is 5.75 Å². The SMILES string of the molecule is CCCCOC(=O)c1ccc(OCC(=O)NC(=O)NCC)cc1. The van der Waals surface area contributed by atoms with E-state index in [0.29, 0.717) is 24.5 Å². The summed E-state index contributed by atoms with van der Waals surface area (Å²) in [4.78, 5) is 34.3. The minimum atomic E-state index is -0.564. The molecule has 1 rings (SSSR count). The molecule has 126 valence electrons. The van der Waals surface area contributed by atoms with E-state index in [1.165, 1.54) is 0 Å². The third kappa shape index (κ3) is 7.30. The van der Waals surface area contributed by atoms with Gasteiger partial charge >= 0.3 is 12.0 Å².